The van der Waals surface area contributed by atoms with Crippen LogP contribution in [0.15, 0.2) is 22.7 Å². The number of amides is 1. The van der Waals surface area contributed by atoms with Crippen LogP contribution >= 0.6 is 15.9 Å². The number of rotatable bonds is 1. The summed E-state index contributed by atoms with van der Waals surface area (Å²) in [5, 5.41) is 0. The van der Waals surface area contributed by atoms with E-state index < -0.39 is 20.7 Å². The Kier molecular flexibility index (Phi) is 2.52. The number of nitrogen functional groups attached to an aromatic ring is 1. The lowest BCUT2D eigenvalue weighted by molar-refractivity contribution is -0.120. The number of carbonyl (C=O) groups is 1. The lowest BCUT2D eigenvalue weighted by atomic mass is 10.1. The standard InChI is InChI=1S/C10H11BrN2O3S/c1-10(2)9(14)13(17(10,15)16)8-4-3-6(12)5-7(8)11/h3-5H,12H2,1-2H3. The van der Waals surface area contributed by atoms with Gasteiger partial charge in [0.05, 0.1) is 5.69 Å². The zero-order valence-electron chi connectivity index (χ0n) is 9.27. The molecule has 0 spiro atoms. The van der Waals surface area contributed by atoms with Crippen molar-refractivity contribution >= 4 is 43.2 Å². The number of nitrogens with two attached hydrogens (primary N) is 1. The largest absolute Gasteiger partial charge is 0.399 e. The Bertz CT molecular complexity index is 610. The number of sulfonamides is 1. The Hall–Kier alpha value is -1.08. The van der Waals surface area contributed by atoms with Crippen LogP contribution in [0, 0.1) is 0 Å². The number of hydrogen-bond donors (Lipinski definition) is 1. The first-order valence-electron chi connectivity index (χ1n) is 4.84. The molecule has 1 aromatic carbocycles. The van der Waals surface area contributed by atoms with Gasteiger partial charge in [-0.05, 0) is 48.0 Å². The minimum atomic E-state index is -3.63. The van der Waals surface area contributed by atoms with Gasteiger partial charge in [0.25, 0.3) is 15.9 Å². The number of hydrogen-bond acceptors (Lipinski definition) is 4. The van der Waals surface area contributed by atoms with Crippen molar-refractivity contribution in [2.45, 2.75) is 18.6 Å². The fraction of sp³-hybridized carbons (Fsp3) is 0.300. The van der Waals surface area contributed by atoms with Crippen LogP contribution in [0.3, 0.4) is 0 Å². The summed E-state index contributed by atoms with van der Waals surface area (Å²) in [6, 6.07) is 4.61. The molecule has 17 heavy (non-hydrogen) atoms. The van der Waals surface area contributed by atoms with E-state index in [-0.39, 0.29) is 0 Å². The van der Waals surface area contributed by atoms with Crippen molar-refractivity contribution in [1.29, 1.82) is 0 Å². The molecule has 92 valence electrons. The molecular formula is C10H11BrN2O3S. The quantitative estimate of drug-likeness (QED) is 0.795. The molecule has 0 bridgehead atoms. The molecule has 0 atom stereocenters. The maximum Gasteiger partial charge on any atom is 0.263 e. The third-order valence-corrected chi connectivity index (χ3v) is 5.72. The molecule has 7 heteroatoms. The average molecular weight is 319 g/mol. The van der Waals surface area contributed by atoms with Crippen molar-refractivity contribution in [3.63, 3.8) is 0 Å². The molecule has 0 radical (unpaired) electrons. The second kappa shape index (κ2) is 3.46. The van der Waals surface area contributed by atoms with Crippen LogP contribution in [0.2, 0.25) is 0 Å². The number of benzene rings is 1. The van der Waals surface area contributed by atoms with Crippen LogP contribution in [-0.4, -0.2) is 19.1 Å². The number of carbonyl (C=O) groups excluding carboxylic acids is 1. The van der Waals surface area contributed by atoms with Crippen molar-refractivity contribution in [2.75, 3.05) is 10.0 Å². The maximum atomic E-state index is 12.0. The average Bonchev–Trinajstić information content (AvgIpc) is 2.21. The van der Waals surface area contributed by atoms with Gasteiger partial charge in [0.15, 0.2) is 4.75 Å². The molecule has 1 saturated heterocycles. The van der Waals surface area contributed by atoms with Crippen molar-refractivity contribution in [1.82, 2.24) is 0 Å². The number of anilines is 2. The molecular weight excluding hydrogens is 308 g/mol. The topological polar surface area (TPSA) is 80.5 Å². The highest BCUT2D eigenvalue weighted by atomic mass is 79.9. The highest BCUT2D eigenvalue weighted by Crippen LogP contribution is 2.42. The Labute approximate surface area is 108 Å². The second-order valence-electron chi connectivity index (χ2n) is 4.30. The van der Waals surface area contributed by atoms with E-state index in [1.165, 1.54) is 19.9 Å². The molecule has 1 amide bonds. The maximum absolute atomic E-state index is 12.0. The van der Waals surface area contributed by atoms with E-state index in [1.807, 2.05) is 0 Å². The summed E-state index contributed by atoms with van der Waals surface area (Å²) in [5.74, 6) is -0.442. The Morgan fingerprint density at radius 3 is 2.41 bits per heavy atom. The van der Waals surface area contributed by atoms with E-state index in [2.05, 4.69) is 15.9 Å². The van der Waals surface area contributed by atoms with Crippen LogP contribution < -0.4 is 10.0 Å². The minimum absolute atomic E-state index is 0.295. The first kappa shape index (κ1) is 12.4. The molecule has 2 N–H and O–H groups in total. The smallest absolute Gasteiger partial charge is 0.263 e. The van der Waals surface area contributed by atoms with Gasteiger partial charge in [-0.2, -0.15) is 0 Å². The Balaban J connectivity index is 2.55. The highest BCUT2D eigenvalue weighted by Gasteiger charge is 2.61. The molecule has 1 aliphatic rings. The van der Waals surface area contributed by atoms with Gasteiger partial charge in [-0.1, -0.05) is 0 Å². The molecule has 5 nitrogen and oxygen atoms in total. The lowest BCUT2D eigenvalue weighted by Gasteiger charge is -2.43. The molecule has 1 aromatic rings. The van der Waals surface area contributed by atoms with Crippen LogP contribution in [0.25, 0.3) is 0 Å². The van der Waals surface area contributed by atoms with Gasteiger partial charge in [-0.15, -0.1) is 0 Å². The summed E-state index contributed by atoms with van der Waals surface area (Å²) in [4.78, 5) is 11.8. The van der Waals surface area contributed by atoms with Gasteiger partial charge in [-0.25, -0.2) is 12.7 Å². The normalized spacial score (nSPS) is 21.1. The van der Waals surface area contributed by atoms with Gasteiger partial charge in [0, 0.05) is 10.2 Å². The molecule has 1 heterocycles. The summed E-state index contributed by atoms with van der Waals surface area (Å²) in [6.45, 7) is 2.79. The molecule has 0 unspecified atom stereocenters. The van der Waals surface area contributed by atoms with Gasteiger partial charge < -0.3 is 5.73 Å². The summed E-state index contributed by atoms with van der Waals surface area (Å²) >= 11 is 3.20. The van der Waals surface area contributed by atoms with Crippen LogP contribution in [0.5, 0.6) is 0 Å². The van der Waals surface area contributed by atoms with Crippen LogP contribution in [-0.2, 0) is 14.8 Å². The van der Waals surface area contributed by atoms with E-state index in [0.717, 1.165) is 4.31 Å². The zero-order chi connectivity index (χ0) is 13.0. The lowest BCUT2D eigenvalue weighted by Crippen LogP contribution is -2.67. The Morgan fingerprint density at radius 1 is 1.35 bits per heavy atom. The van der Waals surface area contributed by atoms with E-state index in [9.17, 15) is 13.2 Å². The van der Waals surface area contributed by atoms with E-state index in [0.29, 0.717) is 15.8 Å². The summed E-state index contributed by atoms with van der Waals surface area (Å²) in [5.41, 5.74) is 6.35. The van der Waals surface area contributed by atoms with Gasteiger partial charge >= 0.3 is 0 Å². The van der Waals surface area contributed by atoms with Gasteiger partial charge in [0.1, 0.15) is 0 Å². The van der Waals surface area contributed by atoms with E-state index >= 15 is 0 Å². The highest BCUT2D eigenvalue weighted by molar-refractivity contribution is 9.10. The minimum Gasteiger partial charge on any atom is -0.399 e. The molecule has 0 aliphatic carbocycles. The zero-order valence-corrected chi connectivity index (χ0v) is 11.7. The summed E-state index contributed by atoms with van der Waals surface area (Å²) in [7, 11) is -3.63. The fourth-order valence-corrected chi connectivity index (χ4v) is 3.77. The summed E-state index contributed by atoms with van der Waals surface area (Å²) < 4.78 is 23.9. The van der Waals surface area contributed by atoms with Crippen LogP contribution in [0.1, 0.15) is 13.8 Å². The fourth-order valence-electron chi connectivity index (χ4n) is 1.58. The van der Waals surface area contributed by atoms with Gasteiger partial charge in [0.2, 0.25) is 0 Å². The van der Waals surface area contributed by atoms with Crippen LogP contribution in [0.4, 0.5) is 11.4 Å². The van der Waals surface area contributed by atoms with Crippen molar-refractivity contribution in [2.24, 2.45) is 0 Å². The predicted molar refractivity (Wildman–Crippen MR) is 69.0 cm³/mol. The van der Waals surface area contributed by atoms with Gasteiger partial charge in [-0.3, -0.25) is 4.79 Å². The molecule has 0 aromatic heterocycles. The van der Waals surface area contributed by atoms with Crippen molar-refractivity contribution < 1.29 is 13.2 Å². The molecule has 0 saturated carbocycles. The third-order valence-electron chi connectivity index (χ3n) is 2.78. The SMILES string of the molecule is CC1(C)C(=O)N(c2ccc(N)cc2Br)S1(=O)=O. The molecule has 1 aliphatic heterocycles. The van der Waals surface area contributed by atoms with Crippen molar-refractivity contribution in [3.8, 4) is 0 Å². The van der Waals surface area contributed by atoms with E-state index in [4.69, 9.17) is 5.73 Å². The first-order chi connectivity index (χ1) is 7.69. The van der Waals surface area contributed by atoms with Crippen molar-refractivity contribution in [3.05, 3.63) is 22.7 Å². The first-order valence-corrected chi connectivity index (χ1v) is 7.07. The monoisotopic (exact) mass is 318 g/mol. The third kappa shape index (κ3) is 1.49. The molecule has 1 fully saturated rings. The second-order valence-corrected chi connectivity index (χ2v) is 7.49. The number of halogens is 1. The number of nitrogens with zero attached hydrogens (tertiary/aromatic N) is 1. The Morgan fingerprint density at radius 2 is 1.94 bits per heavy atom. The molecule has 2 rings (SSSR count). The van der Waals surface area contributed by atoms with E-state index in [1.54, 1.807) is 12.1 Å². The summed E-state index contributed by atoms with van der Waals surface area (Å²) in [6.07, 6.45) is 0. The predicted octanol–water partition coefficient (Wildman–Crippen LogP) is 1.49.